The Morgan fingerprint density at radius 3 is 2.93 bits per heavy atom. The molecule has 1 saturated heterocycles. The summed E-state index contributed by atoms with van der Waals surface area (Å²) in [6, 6.07) is 4.31. The van der Waals surface area contributed by atoms with Crippen LogP contribution in [-0.4, -0.2) is 19.9 Å². The third-order valence-electron chi connectivity index (χ3n) is 3.25. The number of nitrogens with one attached hydrogen (secondary N) is 1. The van der Waals surface area contributed by atoms with Crippen LogP contribution >= 0.6 is 0 Å². The maximum atomic E-state index is 5.57. The SMILES string of the molecule is Cc1ccc(C2CCNC2)c2c1OCO2. The highest BCUT2D eigenvalue weighted by atomic mass is 16.7. The molecule has 0 radical (unpaired) electrons. The van der Waals surface area contributed by atoms with Crippen molar-refractivity contribution in [3.63, 3.8) is 0 Å². The lowest BCUT2D eigenvalue weighted by Gasteiger charge is -2.12. The topological polar surface area (TPSA) is 30.5 Å². The molecule has 1 aromatic rings. The number of rotatable bonds is 1. The summed E-state index contributed by atoms with van der Waals surface area (Å²) in [7, 11) is 0. The predicted octanol–water partition coefficient (Wildman–Crippen LogP) is 1.80. The lowest BCUT2D eigenvalue weighted by atomic mass is 9.96. The Morgan fingerprint density at radius 1 is 1.27 bits per heavy atom. The van der Waals surface area contributed by atoms with Crippen LogP contribution < -0.4 is 14.8 Å². The Morgan fingerprint density at radius 2 is 2.13 bits per heavy atom. The van der Waals surface area contributed by atoms with E-state index in [0.29, 0.717) is 12.7 Å². The van der Waals surface area contributed by atoms with E-state index in [1.807, 2.05) is 0 Å². The van der Waals surface area contributed by atoms with E-state index < -0.39 is 0 Å². The summed E-state index contributed by atoms with van der Waals surface area (Å²) in [5, 5.41) is 3.38. The van der Waals surface area contributed by atoms with Crippen molar-refractivity contribution in [3.8, 4) is 11.5 Å². The maximum Gasteiger partial charge on any atom is 0.231 e. The summed E-state index contributed by atoms with van der Waals surface area (Å²) in [5.74, 6) is 2.50. The van der Waals surface area contributed by atoms with Crippen molar-refractivity contribution in [2.24, 2.45) is 0 Å². The van der Waals surface area contributed by atoms with Crippen molar-refractivity contribution >= 4 is 0 Å². The van der Waals surface area contributed by atoms with Gasteiger partial charge in [0.05, 0.1) is 0 Å². The van der Waals surface area contributed by atoms with Gasteiger partial charge >= 0.3 is 0 Å². The number of aryl methyl sites for hydroxylation is 1. The van der Waals surface area contributed by atoms with Gasteiger partial charge in [0.15, 0.2) is 11.5 Å². The van der Waals surface area contributed by atoms with Crippen molar-refractivity contribution in [1.29, 1.82) is 0 Å². The molecule has 3 nitrogen and oxygen atoms in total. The fourth-order valence-electron chi connectivity index (χ4n) is 2.39. The number of fused-ring (bicyclic) bond motifs is 1. The highest BCUT2D eigenvalue weighted by Gasteiger charge is 2.26. The van der Waals surface area contributed by atoms with Gasteiger partial charge in [0, 0.05) is 18.0 Å². The molecule has 2 heterocycles. The summed E-state index contributed by atoms with van der Waals surface area (Å²) < 4.78 is 11.1. The van der Waals surface area contributed by atoms with Crippen LogP contribution in [0.15, 0.2) is 12.1 Å². The Bertz CT molecular complexity index is 383. The molecule has 2 aliphatic rings. The van der Waals surface area contributed by atoms with Crippen LogP contribution in [0.2, 0.25) is 0 Å². The van der Waals surface area contributed by atoms with Crippen LogP contribution in [-0.2, 0) is 0 Å². The number of hydrogen-bond donors (Lipinski definition) is 1. The maximum absolute atomic E-state index is 5.57. The average molecular weight is 205 g/mol. The fraction of sp³-hybridized carbons (Fsp3) is 0.500. The molecule has 0 bridgehead atoms. The van der Waals surface area contributed by atoms with Gasteiger partial charge in [-0.3, -0.25) is 0 Å². The number of ether oxygens (including phenoxy) is 2. The highest BCUT2D eigenvalue weighted by Crippen LogP contribution is 2.42. The summed E-state index contributed by atoms with van der Waals surface area (Å²) in [5.41, 5.74) is 2.47. The lowest BCUT2D eigenvalue weighted by molar-refractivity contribution is 0.172. The van der Waals surface area contributed by atoms with Gasteiger partial charge in [-0.05, 0) is 25.5 Å². The Kier molecular flexibility index (Phi) is 2.06. The van der Waals surface area contributed by atoms with Crippen LogP contribution in [0.3, 0.4) is 0 Å². The number of benzene rings is 1. The molecule has 0 amide bonds. The highest BCUT2D eigenvalue weighted by molar-refractivity contribution is 5.54. The lowest BCUT2D eigenvalue weighted by Crippen LogP contribution is -2.08. The third-order valence-corrected chi connectivity index (χ3v) is 3.25. The summed E-state index contributed by atoms with van der Waals surface area (Å²) >= 11 is 0. The molecular formula is C12H15NO2. The van der Waals surface area contributed by atoms with E-state index in [9.17, 15) is 0 Å². The van der Waals surface area contributed by atoms with Crippen LogP contribution in [0.25, 0.3) is 0 Å². The molecule has 3 heteroatoms. The van der Waals surface area contributed by atoms with E-state index in [2.05, 4.69) is 24.4 Å². The van der Waals surface area contributed by atoms with E-state index in [4.69, 9.17) is 9.47 Å². The second kappa shape index (κ2) is 3.42. The van der Waals surface area contributed by atoms with Gasteiger partial charge in [0.2, 0.25) is 6.79 Å². The average Bonchev–Trinajstić information content (AvgIpc) is 2.88. The minimum absolute atomic E-state index is 0.368. The van der Waals surface area contributed by atoms with Gasteiger partial charge in [-0.15, -0.1) is 0 Å². The summed E-state index contributed by atoms with van der Waals surface area (Å²) in [6.45, 7) is 4.59. The Labute approximate surface area is 89.4 Å². The first-order valence-corrected chi connectivity index (χ1v) is 5.46. The van der Waals surface area contributed by atoms with Gasteiger partial charge in [-0.2, -0.15) is 0 Å². The van der Waals surface area contributed by atoms with E-state index in [0.717, 1.165) is 30.2 Å². The third kappa shape index (κ3) is 1.38. The molecule has 1 unspecified atom stereocenters. The fourth-order valence-corrected chi connectivity index (χ4v) is 2.39. The number of hydrogen-bond acceptors (Lipinski definition) is 3. The molecule has 3 rings (SSSR count). The standard InChI is InChI=1S/C12H15NO2/c1-8-2-3-10(9-4-5-13-6-9)12-11(8)14-7-15-12/h2-3,9,13H,4-7H2,1H3. The molecule has 0 saturated carbocycles. The van der Waals surface area contributed by atoms with Crippen molar-refractivity contribution in [2.75, 3.05) is 19.9 Å². The molecule has 1 N–H and O–H groups in total. The second-order valence-electron chi connectivity index (χ2n) is 4.23. The summed E-state index contributed by atoms with van der Waals surface area (Å²) in [4.78, 5) is 0. The molecule has 2 aliphatic heterocycles. The first kappa shape index (κ1) is 9.04. The Balaban J connectivity index is 2.04. The molecule has 1 atom stereocenters. The van der Waals surface area contributed by atoms with E-state index in [1.54, 1.807) is 0 Å². The molecule has 1 fully saturated rings. The van der Waals surface area contributed by atoms with Crippen LogP contribution in [0.5, 0.6) is 11.5 Å². The van der Waals surface area contributed by atoms with Crippen molar-refractivity contribution in [1.82, 2.24) is 5.32 Å². The monoisotopic (exact) mass is 205 g/mol. The van der Waals surface area contributed by atoms with E-state index in [1.165, 1.54) is 12.0 Å². The molecule has 15 heavy (non-hydrogen) atoms. The van der Waals surface area contributed by atoms with Crippen molar-refractivity contribution < 1.29 is 9.47 Å². The molecular weight excluding hydrogens is 190 g/mol. The second-order valence-corrected chi connectivity index (χ2v) is 4.23. The Hall–Kier alpha value is -1.22. The quantitative estimate of drug-likeness (QED) is 0.758. The van der Waals surface area contributed by atoms with Crippen LogP contribution in [0.1, 0.15) is 23.5 Å². The summed E-state index contributed by atoms with van der Waals surface area (Å²) in [6.07, 6.45) is 1.19. The van der Waals surface area contributed by atoms with Gasteiger partial charge in [0.1, 0.15) is 0 Å². The minimum atomic E-state index is 0.368. The predicted molar refractivity (Wildman–Crippen MR) is 57.5 cm³/mol. The zero-order valence-electron chi connectivity index (χ0n) is 8.88. The smallest absolute Gasteiger partial charge is 0.231 e. The molecule has 80 valence electrons. The van der Waals surface area contributed by atoms with E-state index >= 15 is 0 Å². The zero-order valence-corrected chi connectivity index (χ0v) is 8.88. The molecule has 0 aromatic heterocycles. The van der Waals surface area contributed by atoms with Gasteiger partial charge in [0.25, 0.3) is 0 Å². The first-order valence-electron chi connectivity index (χ1n) is 5.46. The van der Waals surface area contributed by atoms with Crippen molar-refractivity contribution in [2.45, 2.75) is 19.3 Å². The van der Waals surface area contributed by atoms with Crippen LogP contribution in [0, 0.1) is 6.92 Å². The van der Waals surface area contributed by atoms with Gasteiger partial charge in [-0.1, -0.05) is 12.1 Å². The van der Waals surface area contributed by atoms with Crippen molar-refractivity contribution in [3.05, 3.63) is 23.3 Å². The largest absolute Gasteiger partial charge is 0.453 e. The zero-order chi connectivity index (χ0) is 10.3. The molecule has 0 spiro atoms. The van der Waals surface area contributed by atoms with Gasteiger partial charge < -0.3 is 14.8 Å². The van der Waals surface area contributed by atoms with Crippen LogP contribution in [0.4, 0.5) is 0 Å². The first-order chi connectivity index (χ1) is 7.36. The van der Waals surface area contributed by atoms with Gasteiger partial charge in [-0.25, -0.2) is 0 Å². The van der Waals surface area contributed by atoms with E-state index in [-0.39, 0.29) is 0 Å². The molecule has 1 aromatic carbocycles. The normalized spacial score (nSPS) is 23.4. The molecule has 0 aliphatic carbocycles. The minimum Gasteiger partial charge on any atom is -0.453 e.